The number of carbonyl (C=O) groups excluding carboxylic acids is 2. The van der Waals surface area contributed by atoms with Crippen LogP contribution in [0.4, 0.5) is 5.69 Å². The summed E-state index contributed by atoms with van der Waals surface area (Å²) in [6, 6.07) is 5.72. The van der Waals surface area contributed by atoms with E-state index >= 15 is 0 Å². The smallest absolute Gasteiger partial charge is 0.323 e. The molecule has 1 unspecified atom stereocenters. The van der Waals surface area contributed by atoms with Crippen molar-refractivity contribution < 1.29 is 19.5 Å². The van der Waals surface area contributed by atoms with E-state index in [0.29, 0.717) is 11.4 Å². The van der Waals surface area contributed by atoms with Crippen molar-refractivity contribution in [3.8, 4) is 0 Å². The van der Waals surface area contributed by atoms with Crippen molar-refractivity contribution in [3.05, 3.63) is 29.3 Å². The minimum Gasteiger partial charge on any atom is -0.480 e. The first-order chi connectivity index (χ1) is 10.9. The molecular weight excluding hydrogens is 314 g/mol. The molecule has 0 radical (unpaired) electrons. The number of nitrogens with zero attached hydrogens (tertiary/aromatic N) is 1. The molecular formula is C17H21NO4S. The Morgan fingerprint density at radius 1 is 1.26 bits per heavy atom. The van der Waals surface area contributed by atoms with Gasteiger partial charge in [0.15, 0.2) is 5.12 Å². The van der Waals surface area contributed by atoms with Crippen LogP contribution in [0.3, 0.4) is 0 Å². The summed E-state index contributed by atoms with van der Waals surface area (Å²) in [6.45, 7) is 2.81. The minimum atomic E-state index is -1.05. The van der Waals surface area contributed by atoms with E-state index in [0.717, 1.165) is 31.0 Å². The Morgan fingerprint density at radius 3 is 2.61 bits per heavy atom. The van der Waals surface area contributed by atoms with Crippen LogP contribution < -0.4 is 4.90 Å². The van der Waals surface area contributed by atoms with Gasteiger partial charge in [-0.15, -0.1) is 0 Å². The molecule has 1 aliphatic carbocycles. The fourth-order valence-corrected chi connectivity index (χ4v) is 3.36. The predicted molar refractivity (Wildman–Crippen MR) is 90.8 cm³/mol. The van der Waals surface area contributed by atoms with Crippen molar-refractivity contribution in [2.75, 3.05) is 17.2 Å². The Bertz CT molecular complexity index is 629. The van der Waals surface area contributed by atoms with E-state index in [9.17, 15) is 14.4 Å². The molecule has 1 aromatic carbocycles. The summed E-state index contributed by atoms with van der Waals surface area (Å²) in [5.41, 5.74) is 3.09. The Hall–Kier alpha value is -1.82. The molecule has 0 spiro atoms. The van der Waals surface area contributed by atoms with Crippen LogP contribution in [0.5, 0.6) is 0 Å². The maximum atomic E-state index is 12.6. The first-order valence-corrected chi connectivity index (χ1v) is 8.65. The van der Waals surface area contributed by atoms with Crippen molar-refractivity contribution >= 4 is 34.4 Å². The van der Waals surface area contributed by atoms with Crippen LogP contribution in [0, 0.1) is 5.92 Å². The maximum absolute atomic E-state index is 12.6. The summed E-state index contributed by atoms with van der Waals surface area (Å²) in [4.78, 5) is 36.2. The molecule has 124 valence electrons. The van der Waals surface area contributed by atoms with Crippen LogP contribution in [-0.4, -0.2) is 34.4 Å². The number of carboxylic acids is 1. The lowest BCUT2D eigenvalue weighted by Crippen LogP contribution is -2.40. The fourth-order valence-electron chi connectivity index (χ4n) is 2.74. The van der Waals surface area contributed by atoms with E-state index in [-0.39, 0.29) is 17.6 Å². The molecule has 0 fully saturated rings. The molecule has 0 aliphatic heterocycles. The van der Waals surface area contributed by atoms with Gasteiger partial charge in [0.2, 0.25) is 5.91 Å². The standard InChI is InChI=1S/C17H21NO4S/c1-11(10-23-12(2)19)17(22)18(9-16(20)21)15-7-6-13-4-3-5-14(13)8-15/h6-8,11H,3-5,9-10H2,1-2H3,(H,20,21). The number of rotatable bonds is 6. The third-order valence-corrected chi connectivity index (χ3v) is 4.98. The zero-order valence-corrected chi connectivity index (χ0v) is 14.2. The highest BCUT2D eigenvalue weighted by Gasteiger charge is 2.25. The summed E-state index contributed by atoms with van der Waals surface area (Å²) in [7, 11) is 0. The molecule has 1 N–H and O–H groups in total. The number of carbonyl (C=O) groups is 3. The van der Waals surface area contributed by atoms with E-state index in [4.69, 9.17) is 5.11 Å². The van der Waals surface area contributed by atoms with Crippen molar-refractivity contribution in [3.63, 3.8) is 0 Å². The molecule has 2 rings (SSSR count). The van der Waals surface area contributed by atoms with E-state index in [1.807, 2.05) is 18.2 Å². The van der Waals surface area contributed by atoms with Gasteiger partial charge in [-0.25, -0.2) is 0 Å². The van der Waals surface area contributed by atoms with Crippen LogP contribution in [0.25, 0.3) is 0 Å². The molecule has 5 nitrogen and oxygen atoms in total. The number of fused-ring (bicyclic) bond motifs is 1. The molecule has 23 heavy (non-hydrogen) atoms. The summed E-state index contributed by atoms with van der Waals surface area (Å²) in [6.07, 6.45) is 3.10. The van der Waals surface area contributed by atoms with Gasteiger partial charge in [0, 0.05) is 24.3 Å². The zero-order chi connectivity index (χ0) is 17.0. The highest BCUT2D eigenvalue weighted by atomic mass is 32.2. The zero-order valence-electron chi connectivity index (χ0n) is 13.4. The van der Waals surface area contributed by atoms with Gasteiger partial charge in [-0.3, -0.25) is 14.4 Å². The van der Waals surface area contributed by atoms with Crippen LogP contribution in [0.2, 0.25) is 0 Å². The van der Waals surface area contributed by atoms with Crippen molar-refractivity contribution in [2.45, 2.75) is 33.1 Å². The molecule has 0 saturated heterocycles. The Labute approximate surface area is 140 Å². The first kappa shape index (κ1) is 17.5. The number of thioether (sulfide) groups is 1. The number of hydrogen-bond acceptors (Lipinski definition) is 4. The summed E-state index contributed by atoms with van der Waals surface area (Å²) in [5, 5.41) is 9.09. The molecule has 1 aliphatic rings. The topological polar surface area (TPSA) is 74.7 Å². The highest BCUT2D eigenvalue weighted by molar-refractivity contribution is 8.13. The van der Waals surface area contributed by atoms with E-state index < -0.39 is 11.9 Å². The Balaban J connectivity index is 2.20. The van der Waals surface area contributed by atoms with Crippen LogP contribution in [0.1, 0.15) is 31.4 Å². The van der Waals surface area contributed by atoms with Gasteiger partial charge >= 0.3 is 5.97 Å². The highest BCUT2D eigenvalue weighted by Crippen LogP contribution is 2.28. The molecule has 0 heterocycles. The number of amides is 1. The number of aliphatic carboxylic acids is 1. The third-order valence-electron chi connectivity index (χ3n) is 3.91. The van der Waals surface area contributed by atoms with Crippen molar-refractivity contribution in [1.82, 2.24) is 0 Å². The molecule has 6 heteroatoms. The first-order valence-electron chi connectivity index (χ1n) is 7.67. The molecule has 0 saturated carbocycles. The average Bonchev–Trinajstić information content (AvgIpc) is 2.96. The van der Waals surface area contributed by atoms with Gasteiger partial charge in [-0.05, 0) is 42.5 Å². The van der Waals surface area contributed by atoms with E-state index in [2.05, 4.69) is 0 Å². The second-order valence-corrected chi connectivity index (χ2v) is 7.03. The minimum absolute atomic E-state index is 0.0491. The number of hydrogen-bond donors (Lipinski definition) is 1. The van der Waals surface area contributed by atoms with Gasteiger partial charge in [0.05, 0.1) is 0 Å². The van der Waals surface area contributed by atoms with E-state index in [1.54, 1.807) is 6.92 Å². The molecule has 0 aromatic heterocycles. The van der Waals surface area contributed by atoms with Gasteiger partial charge in [0.1, 0.15) is 6.54 Å². The SMILES string of the molecule is CC(=O)SCC(C)C(=O)N(CC(=O)O)c1ccc2c(c1)CCC2. The lowest BCUT2D eigenvalue weighted by molar-refractivity contribution is -0.137. The fraction of sp³-hybridized carbons (Fsp3) is 0.471. The Kier molecular flexibility index (Phi) is 5.82. The second kappa shape index (κ2) is 7.64. The quantitative estimate of drug-likeness (QED) is 0.864. The number of benzene rings is 1. The van der Waals surface area contributed by atoms with Crippen molar-refractivity contribution in [2.24, 2.45) is 5.92 Å². The average molecular weight is 335 g/mol. The van der Waals surface area contributed by atoms with Crippen LogP contribution >= 0.6 is 11.8 Å². The lowest BCUT2D eigenvalue weighted by atomic mass is 10.1. The molecule has 1 aromatic rings. The number of carboxylic acid groups (broad SMARTS) is 1. The summed E-state index contributed by atoms with van der Waals surface area (Å²) < 4.78 is 0. The predicted octanol–water partition coefficient (Wildman–Crippen LogP) is 2.51. The monoisotopic (exact) mass is 335 g/mol. The number of anilines is 1. The molecule has 1 atom stereocenters. The third kappa shape index (κ3) is 4.58. The summed E-state index contributed by atoms with van der Waals surface area (Å²) >= 11 is 1.09. The van der Waals surface area contributed by atoms with Gasteiger partial charge in [-0.2, -0.15) is 0 Å². The lowest BCUT2D eigenvalue weighted by Gasteiger charge is -2.24. The van der Waals surface area contributed by atoms with Gasteiger partial charge in [0.25, 0.3) is 0 Å². The van der Waals surface area contributed by atoms with Crippen LogP contribution in [0.15, 0.2) is 18.2 Å². The second-order valence-electron chi connectivity index (χ2n) is 5.83. The molecule has 1 amide bonds. The largest absolute Gasteiger partial charge is 0.480 e. The van der Waals surface area contributed by atoms with Crippen LogP contribution in [-0.2, 0) is 27.2 Å². The Morgan fingerprint density at radius 2 is 1.96 bits per heavy atom. The van der Waals surface area contributed by atoms with Gasteiger partial charge in [-0.1, -0.05) is 24.8 Å². The maximum Gasteiger partial charge on any atom is 0.323 e. The summed E-state index contributed by atoms with van der Waals surface area (Å²) in [5.74, 6) is -1.38. The molecule has 0 bridgehead atoms. The van der Waals surface area contributed by atoms with Crippen molar-refractivity contribution in [1.29, 1.82) is 0 Å². The van der Waals surface area contributed by atoms with E-state index in [1.165, 1.54) is 23.0 Å². The number of aryl methyl sites for hydroxylation is 2. The normalized spacial score (nSPS) is 14.2. The van der Waals surface area contributed by atoms with Gasteiger partial charge < -0.3 is 10.0 Å².